The number of nitrogens with zero attached hydrogens (tertiary/aromatic N) is 2. The largest absolute Gasteiger partial charge is 0.496 e. The zero-order valence-electron chi connectivity index (χ0n) is 14.4. The molecule has 0 spiro atoms. The molecule has 0 aliphatic carbocycles. The molecule has 1 heterocycles. The van der Waals surface area contributed by atoms with Crippen molar-refractivity contribution in [2.24, 2.45) is 0 Å². The quantitative estimate of drug-likeness (QED) is 0.452. The molecule has 27 heavy (non-hydrogen) atoms. The predicted octanol–water partition coefficient (Wildman–Crippen LogP) is 5.69. The minimum atomic E-state index is -0.929. The van der Waals surface area contributed by atoms with Crippen molar-refractivity contribution >= 4 is 22.6 Å². The highest BCUT2D eigenvalue weighted by molar-refractivity contribution is 6.30. The number of hydrogen-bond donors (Lipinski definition) is 0. The van der Waals surface area contributed by atoms with Crippen LogP contribution in [-0.4, -0.2) is 16.7 Å². The van der Waals surface area contributed by atoms with Crippen LogP contribution in [0, 0.1) is 11.6 Å². The van der Waals surface area contributed by atoms with Gasteiger partial charge in [-0.1, -0.05) is 41.9 Å². The molecule has 1 aromatic heterocycles. The first kappa shape index (κ1) is 17.5. The molecular formula is C21H15ClF2N2O. The average Bonchev–Trinajstić information content (AvgIpc) is 3.00. The first-order valence-electron chi connectivity index (χ1n) is 8.30. The minimum Gasteiger partial charge on any atom is -0.496 e. The summed E-state index contributed by atoms with van der Waals surface area (Å²) in [6.07, 6.45) is 0. The standard InChI is InChI=1S/C21H15ClF2N2O/c1-27-20-9-14(22)7-8-15(20)21-25-18-10-16(23)17(24)11-19(18)26(21)12-13-5-3-2-4-6-13/h2-11H,12H2,1H3. The third-order valence-electron chi connectivity index (χ3n) is 4.38. The van der Waals surface area contributed by atoms with Crippen molar-refractivity contribution in [2.75, 3.05) is 7.11 Å². The third-order valence-corrected chi connectivity index (χ3v) is 4.61. The second kappa shape index (κ2) is 7.00. The molecule has 3 aromatic carbocycles. The Morgan fingerprint density at radius 3 is 2.48 bits per heavy atom. The number of halogens is 3. The highest BCUT2D eigenvalue weighted by atomic mass is 35.5. The van der Waals surface area contributed by atoms with Crippen LogP contribution < -0.4 is 4.74 Å². The van der Waals surface area contributed by atoms with E-state index >= 15 is 0 Å². The lowest BCUT2D eigenvalue weighted by molar-refractivity contribution is 0.416. The Hall–Kier alpha value is -2.92. The maximum atomic E-state index is 13.9. The maximum Gasteiger partial charge on any atom is 0.161 e. The van der Waals surface area contributed by atoms with Crippen LogP contribution in [0.2, 0.25) is 5.02 Å². The SMILES string of the molecule is COc1cc(Cl)ccc1-c1nc2cc(F)c(F)cc2n1Cc1ccccc1. The van der Waals surface area contributed by atoms with Crippen LogP contribution in [0.15, 0.2) is 60.7 Å². The molecule has 0 fully saturated rings. The summed E-state index contributed by atoms with van der Waals surface area (Å²) in [7, 11) is 1.54. The second-order valence-corrected chi connectivity index (χ2v) is 6.54. The molecule has 0 aliphatic rings. The minimum absolute atomic E-state index is 0.372. The summed E-state index contributed by atoms with van der Waals surface area (Å²) >= 11 is 6.07. The van der Waals surface area contributed by atoms with Gasteiger partial charge in [-0.05, 0) is 23.8 Å². The molecule has 0 aliphatic heterocycles. The van der Waals surface area contributed by atoms with Crippen molar-refractivity contribution in [3.63, 3.8) is 0 Å². The first-order valence-corrected chi connectivity index (χ1v) is 8.67. The number of imidazole rings is 1. The van der Waals surface area contributed by atoms with Gasteiger partial charge in [0.2, 0.25) is 0 Å². The highest BCUT2D eigenvalue weighted by Gasteiger charge is 2.19. The summed E-state index contributed by atoms with van der Waals surface area (Å²) in [4.78, 5) is 4.55. The predicted molar refractivity (Wildman–Crippen MR) is 102 cm³/mol. The summed E-state index contributed by atoms with van der Waals surface area (Å²) in [5, 5.41) is 0.526. The Morgan fingerprint density at radius 1 is 1.00 bits per heavy atom. The smallest absolute Gasteiger partial charge is 0.161 e. The Labute approximate surface area is 159 Å². The van der Waals surface area contributed by atoms with Gasteiger partial charge in [-0.25, -0.2) is 13.8 Å². The summed E-state index contributed by atoms with van der Waals surface area (Å²) in [5.41, 5.74) is 2.58. The molecule has 0 saturated carbocycles. The van der Waals surface area contributed by atoms with E-state index in [1.165, 1.54) is 6.07 Å². The monoisotopic (exact) mass is 384 g/mol. The van der Waals surface area contributed by atoms with Crippen LogP contribution in [0.25, 0.3) is 22.4 Å². The van der Waals surface area contributed by atoms with E-state index in [-0.39, 0.29) is 0 Å². The van der Waals surface area contributed by atoms with Gasteiger partial charge in [-0.15, -0.1) is 0 Å². The average molecular weight is 385 g/mol. The topological polar surface area (TPSA) is 27.1 Å². The Morgan fingerprint density at radius 2 is 1.74 bits per heavy atom. The molecule has 0 unspecified atom stereocenters. The van der Waals surface area contributed by atoms with E-state index in [1.807, 2.05) is 34.9 Å². The summed E-state index contributed by atoms with van der Waals surface area (Å²) < 4.78 is 35.0. The Kier molecular flexibility index (Phi) is 4.54. The van der Waals surface area contributed by atoms with E-state index in [2.05, 4.69) is 4.98 Å². The zero-order chi connectivity index (χ0) is 19.0. The van der Waals surface area contributed by atoms with Crippen molar-refractivity contribution < 1.29 is 13.5 Å². The van der Waals surface area contributed by atoms with Crippen LogP contribution in [0.1, 0.15) is 5.56 Å². The van der Waals surface area contributed by atoms with Crippen LogP contribution in [0.3, 0.4) is 0 Å². The van der Waals surface area contributed by atoms with Gasteiger partial charge in [0.15, 0.2) is 11.6 Å². The van der Waals surface area contributed by atoms with E-state index in [0.717, 1.165) is 11.6 Å². The summed E-state index contributed by atoms with van der Waals surface area (Å²) in [6.45, 7) is 0.448. The molecular weight excluding hydrogens is 370 g/mol. The fourth-order valence-electron chi connectivity index (χ4n) is 3.10. The van der Waals surface area contributed by atoms with Crippen LogP contribution in [0.4, 0.5) is 8.78 Å². The van der Waals surface area contributed by atoms with Gasteiger partial charge in [0.25, 0.3) is 0 Å². The number of fused-ring (bicyclic) bond motifs is 1. The Bertz CT molecular complexity index is 1130. The molecule has 0 bridgehead atoms. The lowest BCUT2D eigenvalue weighted by Crippen LogP contribution is -2.03. The fraction of sp³-hybridized carbons (Fsp3) is 0.0952. The third kappa shape index (κ3) is 3.26. The lowest BCUT2D eigenvalue weighted by Gasteiger charge is -2.12. The van der Waals surface area contributed by atoms with E-state index in [9.17, 15) is 8.78 Å². The van der Waals surface area contributed by atoms with Gasteiger partial charge in [-0.3, -0.25) is 0 Å². The zero-order valence-corrected chi connectivity index (χ0v) is 15.2. The van der Waals surface area contributed by atoms with Gasteiger partial charge in [0.1, 0.15) is 11.6 Å². The number of benzene rings is 3. The molecule has 0 atom stereocenters. The number of methoxy groups -OCH3 is 1. The van der Waals surface area contributed by atoms with Gasteiger partial charge in [0, 0.05) is 23.7 Å². The van der Waals surface area contributed by atoms with Crippen molar-refractivity contribution in [3.8, 4) is 17.1 Å². The molecule has 4 rings (SSSR count). The molecule has 0 N–H and O–H groups in total. The normalized spacial score (nSPS) is 11.1. The second-order valence-electron chi connectivity index (χ2n) is 6.11. The van der Waals surface area contributed by atoms with E-state index in [0.29, 0.717) is 39.7 Å². The highest BCUT2D eigenvalue weighted by Crippen LogP contribution is 2.34. The molecule has 4 aromatic rings. The van der Waals surface area contributed by atoms with Crippen molar-refractivity contribution in [1.82, 2.24) is 9.55 Å². The van der Waals surface area contributed by atoms with E-state index in [1.54, 1.807) is 25.3 Å². The Balaban J connectivity index is 1.98. The fourth-order valence-corrected chi connectivity index (χ4v) is 3.26. The molecule has 0 saturated heterocycles. The first-order chi connectivity index (χ1) is 13.1. The van der Waals surface area contributed by atoms with E-state index < -0.39 is 11.6 Å². The molecule has 0 radical (unpaired) electrons. The molecule has 6 heteroatoms. The summed E-state index contributed by atoms with van der Waals surface area (Å²) in [5.74, 6) is -0.756. The summed E-state index contributed by atoms with van der Waals surface area (Å²) in [6, 6.07) is 17.2. The number of rotatable bonds is 4. The van der Waals surface area contributed by atoms with Crippen LogP contribution in [-0.2, 0) is 6.54 Å². The van der Waals surface area contributed by atoms with Crippen LogP contribution >= 0.6 is 11.6 Å². The lowest BCUT2D eigenvalue weighted by atomic mass is 10.1. The van der Waals surface area contributed by atoms with Gasteiger partial charge >= 0.3 is 0 Å². The van der Waals surface area contributed by atoms with Gasteiger partial charge in [0.05, 0.1) is 23.7 Å². The van der Waals surface area contributed by atoms with Gasteiger partial charge in [-0.2, -0.15) is 0 Å². The van der Waals surface area contributed by atoms with Crippen molar-refractivity contribution in [3.05, 3.63) is 82.9 Å². The number of ether oxygens (including phenoxy) is 1. The van der Waals surface area contributed by atoms with Crippen molar-refractivity contribution in [1.29, 1.82) is 0 Å². The van der Waals surface area contributed by atoms with Gasteiger partial charge < -0.3 is 9.30 Å². The van der Waals surface area contributed by atoms with Crippen LogP contribution in [0.5, 0.6) is 5.75 Å². The molecule has 136 valence electrons. The van der Waals surface area contributed by atoms with Crippen molar-refractivity contribution in [2.45, 2.75) is 6.54 Å². The molecule has 0 amide bonds. The number of hydrogen-bond acceptors (Lipinski definition) is 2. The molecule has 3 nitrogen and oxygen atoms in total. The maximum absolute atomic E-state index is 13.9. The van der Waals surface area contributed by atoms with E-state index in [4.69, 9.17) is 16.3 Å². The number of aromatic nitrogens is 2.